The first-order valence-corrected chi connectivity index (χ1v) is 9.27. The van der Waals surface area contributed by atoms with Gasteiger partial charge in [-0.2, -0.15) is 0 Å². The number of halogens is 1. The van der Waals surface area contributed by atoms with Gasteiger partial charge in [0.25, 0.3) is 5.91 Å². The summed E-state index contributed by atoms with van der Waals surface area (Å²) >= 11 is 8.27. The van der Waals surface area contributed by atoms with E-state index in [0.717, 1.165) is 10.0 Å². The molecule has 0 fully saturated rings. The molecule has 0 aliphatic carbocycles. The van der Waals surface area contributed by atoms with Crippen molar-refractivity contribution in [2.24, 2.45) is 0 Å². The summed E-state index contributed by atoms with van der Waals surface area (Å²) in [5, 5.41) is 2.37. The molecule has 0 unspecified atom stereocenters. The quantitative estimate of drug-likeness (QED) is 0.346. The Kier molecular flexibility index (Phi) is 8.44. The lowest BCUT2D eigenvalue weighted by Crippen LogP contribution is -2.49. The molecule has 0 spiro atoms. The number of para-hydroxylation sites is 1. The predicted octanol–water partition coefficient (Wildman–Crippen LogP) is 2.57. The number of nitrogens with one attached hydrogen (secondary N) is 3. The lowest BCUT2D eigenvalue weighted by molar-refractivity contribution is -0.123. The van der Waals surface area contributed by atoms with Crippen molar-refractivity contribution in [2.75, 3.05) is 13.7 Å². The SMILES string of the molecule is COc1ccccc1/C=C/C(=O)NC(=S)NNC(=O)COc1ccc(Br)cc1. The zero-order valence-corrected chi connectivity index (χ0v) is 17.3. The van der Waals surface area contributed by atoms with Crippen LogP contribution in [0.5, 0.6) is 11.5 Å². The number of benzene rings is 2. The van der Waals surface area contributed by atoms with Gasteiger partial charge in [-0.15, -0.1) is 0 Å². The first kappa shape index (κ1) is 21.4. The maximum Gasteiger partial charge on any atom is 0.276 e. The van der Waals surface area contributed by atoms with Crippen LogP contribution in [0.3, 0.4) is 0 Å². The van der Waals surface area contributed by atoms with Gasteiger partial charge in [-0.05, 0) is 48.6 Å². The summed E-state index contributed by atoms with van der Waals surface area (Å²) in [5.74, 6) is 0.286. The molecule has 0 heterocycles. The van der Waals surface area contributed by atoms with Gasteiger partial charge in [-0.25, -0.2) is 0 Å². The molecule has 28 heavy (non-hydrogen) atoms. The Bertz CT molecular complexity index is 872. The third kappa shape index (κ3) is 7.37. The second-order valence-corrected chi connectivity index (χ2v) is 6.63. The summed E-state index contributed by atoms with van der Waals surface area (Å²) in [6, 6.07) is 14.3. The molecular weight excluding hydrogens is 446 g/mol. The van der Waals surface area contributed by atoms with Gasteiger partial charge in [-0.3, -0.25) is 25.8 Å². The van der Waals surface area contributed by atoms with E-state index in [2.05, 4.69) is 32.1 Å². The highest BCUT2D eigenvalue weighted by Gasteiger charge is 2.05. The molecule has 2 aromatic rings. The molecule has 0 bridgehead atoms. The van der Waals surface area contributed by atoms with E-state index in [1.54, 1.807) is 43.5 Å². The Labute approximate surface area is 176 Å². The lowest BCUT2D eigenvalue weighted by Gasteiger charge is -2.10. The minimum Gasteiger partial charge on any atom is -0.496 e. The number of ether oxygens (including phenoxy) is 2. The Morgan fingerprint density at radius 3 is 2.54 bits per heavy atom. The van der Waals surface area contributed by atoms with Crippen LogP contribution in [-0.2, 0) is 9.59 Å². The Morgan fingerprint density at radius 1 is 1.11 bits per heavy atom. The van der Waals surface area contributed by atoms with Crippen molar-refractivity contribution in [1.29, 1.82) is 0 Å². The van der Waals surface area contributed by atoms with Crippen LogP contribution in [-0.4, -0.2) is 30.6 Å². The lowest BCUT2D eigenvalue weighted by atomic mass is 10.2. The van der Waals surface area contributed by atoms with E-state index in [9.17, 15) is 9.59 Å². The fourth-order valence-corrected chi connectivity index (χ4v) is 2.41. The van der Waals surface area contributed by atoms with Crippen LogP contribution < -0.4 is 25.6 Å². The average Bonchev–Trinajstić information content (AvgIpc) is 2.70. The second kappa shape index (κ2) is 11.1. The molecule has 2 amide bonds. The molecule has 0 radical (unpaired) electrons. The van der Waals surface area contributed by atoms with Gasteiger partial charge in [0.2, 0.25) is 5.91 Å². The fraction of sp³-hybridized carbons (Fsp3) is 0.105. The van der Waals surface area contributed by atoms with Crippen LogP contribution in [0.2, 0.25) is 0 Å². The molecule has 0 aliphatic rings. The molecule has 2 rings (SSSR count). The van der Waals surface area contributed by atoms with Crippen LogP contribution >= 0.6 is 28.1 Å². The standard InChI is InChI=1S/C19H18BrN3O4S/c1-26-16-5-3-2-4-13(16)6-11-17(24)21-19(28)23-22-18(25)12-27-15-9-7-14(20)8-10-15/h2-11H,12H2,1H3,(H,22,25)(H2,21,23,24,28)/b11-6+. The minimum absolute atomic E-state index is 0.0494. The number of methoxy groups -OCH3 is 1. The molecule has 9 heteroatoms. The normalized spacial score (nSPS) is 10.2. The van der Waals surface area contributed by atoms with Crippen LogP contribution in [0.25, 0.3) is 6.08 Å². The molecule has 0 saturated carbocycles. The zero-order chi connectivity index (χ0) is 20.4. The number of carbonyl (C=O) groups excluding carboxylic acids is 2. The second-order valence-electron chi connectivity index (χ2n) is 5.31. The Balaban J connectivity index is 1.72. The van der Waals surface area contributed by atoms with Gasteiger partial charge in [0.1, 0.15) is 11.5 Å². The minimum atomic E-state index is -0.455. The van der Waals surface area contributed by atoms with Crippen LogP contribution in [0, 0.1) is 0 Å². The topological polar surface area (TPSA) is 88.7 Å². The van der Waals surface area contributed by atoms with Gasteiger partial charge >= 0.3 is 0 Å². The number of hydrazine groups is 1. The van der Waals surface area contributed by atoms with Gasteiger partial charge in [0, 0.05) is 16.1 Å². The zero-order valence-electron chi connectivity index (χ0n) is 14.9. The number of rotatable bonds is 6. The molecule has 2 aromatic carbocycles. The fourth-order valence-electron chi connectivity index (χ4n) is 2.00. The molecule has 0 aromatic heterocycles. The molecule has 0 aliphatic heterocycles. The summed E-state index contributed by atoms with van der Waals surface area (Å²) in [7, 11) is 1.55. The van der Waals surface area contributed by atoms with Gasteiger partial charge in [0.05, 0.1) is 7.11 Å². The maximum atomic E-state index is 11.9. The number of hydrogen-bond acceptors (Lipinski definition) is 5. The van der Waals surface area contributed by atoms with E-state index in [1.165, 1.54) is 6.08 Å². The molecule has 3 N–H and O–H groups in total. The van der Waals surface area contributed by atoms with E-state index in [1.807, 2.05) is 18.2 Å². The van der Waals surface area contributed by atoms with E-state index < -0.39 is 11.8 Å². The first-order valence-electron chi connectivity index (χ1n) is 8.07. The van der Waals surface area contributed by atoms with Crippen molar-refractivity contribution in [3.05, 3.63) is 64.6 Å². The van der Waals surface area contributed by atoms with Gasteiger partial charge in [-0.1, -0.05) is 34.1 Å². The Morgan fingerprint density at radius 2 is 1.82 bits per heavy atom. The van der Waals surface area contributed by atoms with Gasteiger partial charge in [0.15, 0.2) is 11.7 Å². The van der Waals surface area contributed by atoms with Crippen LogP contribution in [0.15, 0.2) is 59.1 Å². The number of amides is 2. The number of thiocarbonyl (C=S) groups is 1. The highest BCUT2D eigenvalue weighted by Crippen LogP contribution is 2.18. The smallest absolute Gasteiger partial charge is 0.276 e. The van der Waals surface area contributed by atoms with Crippen molar-refractivity contribution in [1.82, 2.24) is 16.2 Å². The summed E-state index contributed by atoms with van der Waals surface area (Å²) in [5.41, 5.74) is 5.52. The summed E-state index contributed by atoms with van der Waals surface area (Å²) in [6.07, 6.45) is 2.91. The molecule has 7 nitrogen and oxygen atoms in total. The predicted molar refractivity (Wildman–Crippen MR) is 114 cm³/mol. The molecular formula is C19H18BrN3O4S. The van der Waals surface area contributed by atoms with Crippen molar-refractivity contribution in [3.63, 3.8) is 0 Å². The number of carbonyl (C=O) groups is 2. The highest BCUT2D eigenvalue weighted by molar-refractivity contribution is 9.10. The largest absolute Gasteiger partial charge is 0.496 e. The summed E-state index contributed by atoms with van der Waals surface area (Å²) < 4.78 is 11.4. The Hall–Kier alpha value is -2.91. The van der Waals surface area contributed by atoms with Crippen molar-refractivity contribution >= 4 is 51.2 Å². The molecule has 0 atom stereocenters. The van der Waals surface area contributed by atoms with Crippen molar-refractivity contribution in [3.8, 4) is 11.5 Å². The third-order valence-electron chi connectivity index (χ3n) is 3.29. The van der Waals surface area contributed by atoms with E-state index in [0.29, 0.717) is 11.5 Å². The summed E-state index contributed by atoms with van der Waals surface area (Å²) in [6.45, 7) is -0.209. The number of hydrogen-bond donors (Lipinski definition) is 3. The average molecular weight is 464 g/mol. The van der Waals surface area contributed by atoms with Crippen molar-refractivity contribution in [2.45, 2.75) is 0 Å². The summed E-state index contributed by atoms with van der Waals surface area (Å²) in [4.78, 5) is 23.6. The highest BCUT2D eigenvalue weighted by atomic mass is 79.9. The monoisotopic (exact) mass is 463 g/mol. The van der Waals surface area contributed by atoms with Crippen LogP contribution in [0.1, 0.15) is 5.56 Å². The van der Waals surface area contributed by atoms with E-state index in [-0.39, 0.29) is 11.7 Å². The molecule has 0 saturated heterocycles. The third-order valence-corrected chi connectivity index (χ3v) is 4.02. The van der Waals surface area contributed by atoms with Crippen molar-refractivity contribution < 1.29 is 19.1 Å². The first-order chi connectivity index (χ1) is 13.5. The van der Waals surface area contributed by atoms with E-state index >= 15 is 0 Å². The molecule has 146 valence electrons. The van der Waals surface area contributed by atoms with E-state index in [4.69, 9.17) is 21.7 Å². The van der Waals surface area contributed by atoms with Crippen LogP contribution in [0.4, 0.5) is 0 Å². The maximum absolute atomic E-state index is 11.9. The van der Waals surface area contributed by atoms with Gasteiger partial charge < -0.3 is 9.47 Å².